The Morgan fingerprint density at radius 3 is 2.94 bits per heavy atom. The zero-order valence-electron chi connectivity index (χ0n) is 17.4. The number of aliphatic imine (C=N–C) groups is 1. The maximum Gasteiger partial charge on any atom is 0.416 e. The minimum atomic E-state index is -4.43. The number of halogens is 3. The standard InChI is InChI=1S/C20H19F3N6O4/c1-19(11-27-10-17(29(30)31)26-18(27)33-19)28-5-4-24-9-16(28)25-8-14-7-12-6-13(20(21,22)23)2-3-15(12)32-14/h2-3,6-8,10,16,24H,4-5,9,11H2,1H3/b25-8+/t16-,19-/m1/s1. The lowest BCUT2D eigenvalue weighted by molar-refractivity contribution is -0.389. The largest absolute Gasteiger partial charge is 0.455 e. The zero-order valence-corrected chi connectivity index (χ0v) is 17.4. The molecule has 33 heavy (non-hydrogen) atoms. The summed E-state index contributed by atoms with van der Waals surface area (Å²) in [5, 5.41) is 14.5. The highest BCUT2D eigenvalue weighted by Gasteiger charge is 2.47. The Morgan fingerprint density at radius 1 is 1.39 bits per heavy atom. The Labute approximate surface area is 184 Å². The van der Waals surface area contributed by atoms with Gasteiger partial charge in [0.05, 0.1) is 18.3 Å². The Balaban J connectivity index is 1.36. The van der Waals surface area contributed by atoms with E-state index in [1.807, 2.05) is 11.8 Å². The van der Waals surface area contributed by atoms with Gasteiger partial charge in [0.1, 0.15) is 23.7 Å². The fourth-order valence-corrected chi connectivity index (χ4v) is 4.20. The van der Waals surface area contributed by atoms with Crippen LogP contribution in [0.2, 0.25) is 0 Å². The fraction of sp³-hybridized carbons (Fsp3) is 0.400. The highest BCUT2D eigenvalue weighted by molar-refractivity contribution is 5.87. The van der Waals surface area contributed by atoms with Crippen LogP contribution in [0.15, 0.2) is 39.9 Å². The van der Waals surface area contributed by atoms with Crippen LogP contribution in [0.25, 0.3) is 11.0 Å². The molecule has 13 heteroatoms. The highest BCUT2D eigenvalue weighted by Crippen LogP contribution is 2.35. The number of alkyl halides is 3. The van der Waals surface area contributed by atoms with Crippen molar-refractivity contribution in [3.05, 3.63) is 51.9 Å². The molecule has 1 fully saturated rings. The Bertz CT molecular complexity index is 1230. The second-order valence-corrected chi connectivity index (χ2v) is 8.10. The molecule has 1 aromatic carbocycles. The van der Waals surface area contributed by atoms with Crippen molar-refractivity contribution in [3.8, 4) is 6.01 Å². The van der Waals surface area contributed by atoms with E-state index in [1.165, 1.54) is 24.5 Å². The van der Waals surface area contributed by atoms with Gasteiger partial charge in [-0.1, -0.05) is 0 Å². The van der Waals surface area contributed by atoms with Gasteiger partial charge in [-0.05, 0) is 36.1 Å². The van der Waals surface area contributed by atoms with E-state index in [9.17, 15) is 23.3 Å². The van der Waals surface area contributed by atoms with Gasteiger partial charge in [-0.2, -0.15) is 13.2 Å². The number of hydrogen-bond acceptors (Lipinski definition) is 8. The van der Waals surface area contributed by atoms with Crippen molar-refractivity contribution in [2.45, 2.75) is 31.5 Å². The van der Waals surface area contributed by atoms with Crippen molar-refractivity contribution >= 4 is 23.0 Å². The third kappa shape index (κ3) is 3.93. The Morgan fingerprint density at radius 2 is 2.21 bits per heavy atom. The average Bonchev–Trinajstić information content (AvgIpc) is 3.42. The van der Waals surface area contributed by atoms with Gasteiger partial charge < -0.3 is 24.6 Å². The maximum absolute atomic E-state index is 13.0. The molecule has 2 aliphatic rings. The first-order valence-electron chi connectivity index (χ1n) is 10.1. The number of hydrogen-bond donors (Lipinski definition) is 1. The topological polar surface area (TPSA) is 111 Å². The van der Waals surface area contributed by atoms with E-state index < -0.39 is 22.4 Å². The van der Waals surface area contributed by atoms with E-state index in [1.54, 1.807) is 4.57 Å². The van der Waals surface area contributed by atoms with Crippen molar-refractivity contribution in [1.29, 1.82) is 0 Å². The molecule has 2 aliphatic heterocycles. The summed E-state index contributed by atoms with van der Waals surface area (Å²) in [7, 11) is 0. The Hall–Kier alpha value is -3.45. The zero-order chi connectivity index (χ0) is 23.4. The summed E-state index contributed by atoms with van der Waals surface area (Å²) in [6.07, 6.45) is -1.97. The van der Waals surface area contributed by atoms with Crippen LogP contribution in [0.4, 0.5) is 19.0 Å². The van der Waals surface area contributed by atoms with E-state index in [0.717, 1.165) is 12.1 Å². The lowest BCUT2D eigenvalue weighted by Gasteiger charge is -2.42. The summed E-state index contributed by atoms with van der Waals surface area (Å²) in [4.78, 5) is 20.9. The summed E-state index contributed by atoms with van der Waals surface area (Å²) >= 11 is 0. The molecule has 0 bridgehead atoms. The fourth-order valence-electron chi connectivity index (χ4n) is 4.20. The van der Waals surface area contributed by atoms with E-state index in [2.05, 4.69) is 15.3 Å². The molecule has 0 saturated carbocycles. The van der Waals surface area contributed by atoms with Crippen molar-refractivity contribution in [2.24, 2.45) is 4.99 Å². The number of rotatable bonds is 4. The van der Waals surface area contributed by atoms with Crippen LogP contribution in [0.3, 0.4) is 0 Å². The monoisotopic (exact) mass is 464 g/mol. The first-order valence-corrected chi connectivity index (χ1v) is 10.1. The quantitative estimate of drug-likeness (QED) is 0.359. The number of piperazine rings is 1. The van der Waals surface area contributed by atoms with Crippen LogP contribution >= 0.6 is 0 Å². The molecule has 2 atom stereocenters. The minimum absolute atomic E-state index is 0.170. The maximum atomic E-state index is 13.0. The Kier molecular flexibility index (Phi) is 4.90. The van der Waals surface area contributed by atoms with Crippen molar-refractivity contribution in [2.75, 3.05) is 19.6 Å². The van der Waals surface area contributed by atoms with Crippen LogP contribution in [0.1, 0.15) is 18.2 Å². The number of nitro groups is 1. The molecule has 0 spiro atoms. The molecule has 3 aromatic rings. The molecular formula is C20H19F3N6O4. The molecular weight excluding hydrogens is 445 g/mol. The third-order valence-electron chi connectivity index (χ3n) is 5.75. The molecule has 0 amide bonds. The van der Waals surface area contributed by atoms with Gasteiger partial charge in [-0.15, -0.1) is 0 Å². The van der Waals surface area contributed by atoms with Crippen molar-refractivity contribution < 1.29 is 27.2 Å². The van der Waals surface area contributed by atoms with E-state index in [4.69, 9.17) is 9.15 Å². The van der Waals surface area contributed by atoms with Gasteiger partial charge in [-0.3, -0.25) is 9.56 Å². The summed E-state index contributed by atoms with van der Waals surface area (Å²) in [5.74, 6) is 0.0522. The number of imidazole rings is 1. The smallest absolute Gasteiger partial charge is 0.416 e. The normalized spacial score (nSPS) is 23.8. The number of benzene rings is 1. The summed E-state index contributed by atoms with van der Waals surface area (Å²) < 4.78 is 52.1. The van der Waals surface area contributed by atoms with E-state index in [0.29, 0.717) is 42.9 Å². The minimum Gasteiger partial charge on any atom is -0.455 e. The van der Waals surface area contributed by atoms with Crippen molar-refractivity contribution in [3.63, 3.8) is 0 Å². The number of ether oxygens (including phenoxy) is 1. The van der Waals surface area contributed by atoms with Gasteiger partial charge in [0.2, 0.25) is 0 Å². The van der Waals surface area contributed by atoms with Crippen LogP contribution < -0.4 is 10.1 Å². The molecule has 10 nitrogen and oxygen atoms in total. The summed E-state index contributed by atoms with van der Waals surface area (Å²) in [5.41, 5.74) is -1.23. The third-order valence-corrected chi connectivity index (χ3v) is 5.75. The molecule has 5 rings (SSSR count). The number of furan rings is 1. The average molecular weight is 464 g/mol. The van der Waals surface area contributed by atoms with E-state index in [-0.39, 0.29) is 18.0 Å². The summed E-state index contributed by atoms with van der Waals surface area (Å²) in [6.45, 7) is 4.00. The van der Waals surface area contributed by atoms with Crippen molar-refractivity contribution in [1.82, 2.24) is 19.8 Å². The molecule has 0 unspecified atom stereocenters. The summed E-state index contributed by atoms with van der Waals surface area (Å²) in [6, 6.07) is 4.99. The van der Waals surface area contributed by atoms with Crippen LogP contribution in [-0.4, -0.2) is 57.1 Å². The van der Waals surface area contributed by atoms with Crippen LogP contribution in [0, 0.1) is 10.1 Å². The van der Waals surface area contributed by atoms with Crippen LogP contribution in [-0.2, 0) is 12.7 Å². The lowest BCUT2D eigenvalue weighted by Crippen LogP contribution is -2.62. The van der Waals surface area contributed by atoms with E-state index >= 15 is 0 Å². The molecule has 4 heterocycles. The SMILES string of the molecule is C[C@]1(N2CCNC[C@@H]2/N=C/c2cc3cc(C(F)(F)F)ccc3o2)Cn2cc([N+](=O)[O-])nc2O1. The first-order chi connectivity index (χ1) is 15.6. The van der Waals surface area contributed by atoms with Gasteiger partial charge >= 0.3 is 18.0 Å². The van der Waals surface area contributed by atoms with Gasteiger partial charge in [0, 0.05) is 30.0 Å². The highest BCUT2D eigenvalue weighted by atomic mass is 19.4. The molecule has 1 saturated heterocycles. The number of aromatic nitrogens is 2. The molecule has 1 N–H and O–H groups in total. The molecule has 174 valence electrons. The first kappa shape index (κ1) is 21.4. The van der Waals surface area contributed by atoms with Crippen LogP contribution in [0.5, 0.6) is 6.01 Å². The van der Waals surface area contributed by atoms with Gasteiger partial charge in [-0.25, -0.2) is 4.90 Å². The molecule has 0 radical (unpaired) electrons. The second kappa shape index (κ2) is 7.56. The number of nitrogens with zero attached hydrogens (tertiary/aromatic N) is 5. The lowest BCUT2D eigenvalue weighted by atomic mass is 10.1. The molecule has 0 aliphatic carbocycles. The predicted octanol–water partition coefficient (Wildman–Crippen LogP) is 3.02. The van der Waals surface area contributed by atoms with Gasteiger partial charge in [0.25, 0.3) is 0 Å². The molecule has 2 aromatic heterocycles. The second-order valence-electron chi connectivity index (χ2n) is 8.10. The van der Waals surface area contributed by atoms with Gasteiger partial charge in [0.15, 0.2) is 5.72 Å². The number of fused-ring (bicyclic) bond motifs is 2. The number of nitrogens with one attached hydrogen (secondary N) is 1. The predicted molar refractivity (Wildman–Crippen MR) is 110 cm³/mol.